The summed E-state index contributed by atoms with van der Waals surface area (Å²) in [5.41, 5.74) is -6.86. The van der Waals surface area contributed by atoms with Crippen molar-refractivity contribution in [2.24, 2.45) is 0 Å². The number of rotatable bonds is 18. The molecule has 0 aromatic rings. The predicted molar refractivity (Wildman–Crippen MR) is 134 cm³/mol. The first-order chi connectivity index (χ1) is 29.7. The van der Waals surface area contributed by atoms with Gasteiger partial charge in [-0.15, -0.1) is 0 Å². The van der Waals surface area contributed by atoms with Crippen LogP contribution in [0.1, 0.15) is 0 Å². The molecule has 2 rings (SSSR count). The number of hydrogen-bond donors (Lipinski definition) is 0. The van der Waals surface area contributed by atoms with E-state index in [2.05, 4.69) is 32.7 Å². The Labute approximate surface area is 363 Å². The van der Waals surface area contributed by atoms with E-state index in [9.17, 15) is 171 Å². The topological polar surface area (TPSA) is 72.6 Å². The minimum absolute atomic E-state index is 0.894. The standard InChI is InChI=1S/C19H3F35O.C6Cl2F4N2O/c20-3(21,2-1-55-2)4(22,23)5(24,25)6(26,27)7(28,29)8(30,31)9(32,33)10(34,35)11(36,37)12(38,39)13(40,41)14(42,43)15(44,45)16(46,47)17(48,49)18(50,51)19(52,53)54;7-5(9,10)4(6(8,11)12)3(1-13,2-14)15-4/h2H,1H2;. The van der Waals surface area contributed by atoms with Gasteiger partial charge in [-0.25, -0.2) is 0 Å². The highest BCUT2D eigenvalue weighted by atomic mass is 35.5. The number of nitrogens with zero attached hydrogens (tertiary/aromatic N) is 2. The zero-order chi connectivity index (χ0) is 57.6. The van der Waals surface area contributed by atoms with E-state index in [-0.39, 0.29) is 0 Å². The van der Waals surface area contributed by atoms with Crippen molar-refractivity contribution in [3.8, 4) is 12.1 Å². The van der Waals surface area contributed by atoms with E-state index >= 15 is 0 Å². The van der Waals surface area contributed by atoms with Crippen molar-refractivity contribution < 1.29 is 181 Å². The van der Waals surface area contributed by atoms with Crippen LogP contribution in [0.3, 0.4) is 0 Å². The molecular formula is C25H3Cl2F39N2O2. The molecule has 412 valence electrons. The quantitative estimate of drug-likeness (QED) is 0.0779. The molecule has 45 heteroatoms. The van der Waals surface area contributed by atoms with E-state index in [4.69, 9.17) is 10.5 Å². The van der Waals surface area contributed by atoms with Gasteiger partial charge in [-0.1, -0.05) is 0 Å². The van der Waals surface area contributed by atoms with Crippen LogP contribution in [0.15, 0.2) is 0 Å². The van der Waals surface area contributed by atoms with Gasteiger partial charge in [0.05, 0.1) is 6.61 Å². The molecule has 1 unspecified atom stereocenters. The van der Waals surface area contributed by atoms with Crippen LogP contribution in [0, 0.1) is 22.7 Å². The molecule has 0 saturated carbocycles. The fourth-order valence-corrected chi connectivity index (χ4v) is 5.15. The fourth-order valence-electron chi connectivity index (χ4n) is 4.52. The first-order valence-electron chi connectivity index (χ1n) is 15.1. The Morgan fingerprint density at radius 2 is 0.500 bits per heavy atom. The summed E-state index contributed by atoms with van der Waals surface area (Å²) in [5, 5.41) is 7.38. The number of hydrogen-bond acceptors (Lipinski definition) is 4. The van der Waals surface area contributed by atoms with Crippen LogP contribution < -0.4 is 0 Å². The van der Waals surface area contributed by atoms with Crippen LogP contribution in [0.2, 0.25) is 0 Å². The average Bonchev–Trinajstić information content (AvgIpc) is 4.07. The van der Waals surface area contributed by atoms with Gasteiger partial charge in [0.25, 0.3) is 11.2 Å². The summed E-state index contributed by atoms with van der Waals surface area (Å²) >= 11 is 8.78. The highest BCUT2D eigenvalue weighted by molar-refractivity contribution is 6.27. The van der Waals surface area contributed by atoms with Gasteiger partial charge in [0.2, 0.25) is 0 Å². The van der Waals surface area contributed by atoms with Gasteiger partial charge in [0.15, 0.2) is 6.10 Å². The molecule has 0 amide bonds. The Balaban J connectivity index is 0.00000138. The number of epoxide rings is 2. The van der Waals surface area contributed by atoms with Crippen LogP contribution in [-0.2, 0) is 9.47 Å². The summed E-state index contributed by atoms with van der Waals surface area (Å²) < 4.78 is 530. The van der Waals surface area contributed by atoms with E-state index in [1.807, 2.05) is 0 Å². The molecule has 0 N–H and O–H groups in total. The first-order valence-corrected chi connectivity index (χ1v) is 15.8. The van der Waals surface area contributed by atoms with E-state index in [0.29, 0.717) is 0 Å². The zero-order valence-electron chi connectivity index (χ0n) is 30.0. The summed E-state index contributed by atoms with van der Waals surface area (Å²) in [7, 11) is 0. The number of nitriles is 2. The second kappa shape index (κ2) is 16.1. The fraction of sp³-hybridized carbons (Fsp3) is 0.920. The minimum Gasteiger partial charge on any atom is -0.366 e. The molecule has 2 saturated heterocycles. The zero-order valence-corrected chi connectivity index (χ0v) is 31.5. The third-order valence-corrected chi connectivity index (χ3v) is 9.44. The summed E-state index contributed by atoms with van der Waals surface area (Å²) in [6.45, 7) is -1.94. The van der Waals surface area contributed by atoms with Crippen molar-refractivity contribution in [3.63, 3.8) is 0 Å². The van der Waals surface area contributed by atoms with Crippen LogP contribution >= 0.6 is 23.2 Å². The Bertz CT molecular complexity index is 2020. The lowest BCUT2D eigenvalue weighted by Crippen LogP contribution is -2.80. The van der Waals surface area contributed by atoms with Gasteiger partial charge < -0.3 is 9.47 Å². The number of halogens is 41. The van der Waals surface area contributed by atoms with E-state index in [1.165, 1.54) is 0 Å². The summed E-state index contributed by atoms with van der Waals surface area (Å²) in [6.07, 6.45) is -12.2. The van der Waals surface area contributed by atoms with Crippen LogP contribution in [0.25, 0.3) is 0 Å². The molecule has 0 aromatic heterocycles. The van der Waals surface area contributed by atoms with Crippen molar-refractivity contribution in [1.29, 1.82) is 10.5 Å². The monoisotopic (exact) mass is 1170 g/mol. The van der Waals surface area contributed by atoms with Crippen LogP contribution in [0.4, 0.5) is 171 Å². The number of ether oxygens (including phenoxy) is 2. The lowest BCUT2D eigenvalue weighted by molar-refractivity contribution is -0.492. The lowest BCUT2D eigenvalue weighted by atomic mass is 9.82. The maximum absolute atomic E-state index is 13.9. The van der Waals surface area contributed by atoms with Crippen molar-refractivity contribution in [1.82, 2.24) is 0 Å². The molecule has 2 aliphatic rings. The molecular weight excluding hydrogens is 1170 g/mol. The van der Waals surface area contributed by atoms with E-state index in [1.54, 1.807) is 0 Å². The lowest BCUT2D eigenvalue weighted by Gasteiger charge is -2.47. The Morgan fingerprint density at radius 1 is 0.329 bits per heavy atom. The third kappa shape index (κ3) is 7.55. The molecule has 2 heterocycles. The van der Waals surface area contributed by atoms with Crippen molar-refractivity contribution in [2.75, 3.05) is 6.61 Å². The van der Waals surface area contributed by atoms with Crippen LogP contribution in [-0.4, -0.2) is 136 Å². The van der Waals surface area contributed by atoms with Gasteiger partial charge in [-0.3, -0.25) is 0 Å². The molecule has 70 heavy (non-hydrogen) atoms. The second-order valence-corrected chi connectivity index (χ2v) is 14.2. The normalized spacial score (nSPS) is 20.2. The Morgan fingerprint density at radius 3 is 0.614 bits per heavy atom. The van der Waals surface area contributed by atoms with Gasteiger partial charge in [-0.05, 0) is 23.2 Å². The predicted octanol–water partition coefficient (Wildman–Crippen LogP) is 13.3. The molecule has 0 spiro atoms. The van der Waals surface area contributed by atoms with Crippen molar-refractivity contribution in [3.05, 3.63) is 0 Å². The Hall–Kier alpha value is -3.25. The smallest absolute Gasteiger partial charge is 0.366 e. The number of alkyl halides is 41. The molecule has 2 aliphatic heterocycles. The SMILES string of the molecule is FC(F)(F)C(F)(F)C(F)(F)C(F)(F)C(F)(F)C(F)(F)C(F)(F)C(F)(F)C(F)(F)C(F)(F)C(F)(F)C(F)(F)C(F)(F)C(F)(F)C(F)(F)C(F)(F)C(F)(F)C1CO1.N#CC1(C#N)OC1(C(F)(F)Cl)C(F)(F)Cl. The maximum atomic E-state index is 13.9. The largest absolute Gasteiger partial charge is 0.460 e. The van der Waals surface area contributed by atoms with E-state index in [0.717, 1.165) is 12.1 Å². The molecule has 1 atom stereocenters. The first kappa shape index (κ1) is 64.8. The van der Waals surface area contributed by atoms with Crippen molar-refractivity contribution in [2.45, 2.75) is 129 Å². The van der Waals surface area contributed by atoms with Crippen LogP contribution in [0.5, 0.6) is 0 Å². The van der Waals surface area contributed by atoms with Crippen molar-refractivity contribution >= 4 is 23.2 Å². The van der Waals surface area contributed by atoms with Gasteiger partial charge in [0, 0.05) is 0 Å². The van der Waals surface area contributed by atoms with Gasteiger partial charge in [0.1, 0.15) is 12.1 Å². The van der Waals surface area contributed by atoms with Gasteiger partial charge >= 0.3 is 112 Å². The molecule has 0 aliphatic carbocycles. The minimum atomic E-state index is -10.3. The van der Waals surface area contributed by atoms with E-state index < -0.39 is 136 Å². The third-order valence-electron chi connectivity index (χ3n) is 8.91. The van der Waals surface area contributed by atoms with Gasteiger partial charge in [-0.2, -0.15) is 182 Å². The average molecular weight is 1180 g/mol. The molecule has 4 nitrogen and oxygen atoms in total. The second-order valence-electron chi connectivity index (χ2n) is 13.2. The molecule has 0 bridgehead atoms. The molecule has 0 aromatic carbocycles. The Kier molecular flexibility index (Phi) is 14.9. The molecule has 0 radical (unpaired) electrons. The highest BCUT2D eigenvalue weighted by Gasteiger charge is 3.02. The summed E-state index contributed by atoms with van der Waals surface area (Å²) in [5.74, 6) is -154. The summed E-state index contributed by atoms with van der Waals surface area (Å²) in [4.78, 5) is 0. The molecule has 2 fully saturated rings. The summed E-state index contributed by atoms with van der Waals surface area (Å²) in [6, 6.07) is 1.79. The maximum Gasteiger partial charge on any atom is 0.460 e. The highest BCUT2D eigenvalue weighted by Crippen LogP contribution is 2.71.